The molecule has 2 heterocycles. The van der Waals surface area contributed by atoms with E-state index in [0.717, 1.165) is 43.7 Å². The number of amides is 1. The predicted molar refractivity (Wildman–Crippen MR) is 91.0 cm³/mol. The number of carbonyl (C=O) groups excluding carboxylic acids is 1. The predicted octanol–water partition coefficient (Wildman–Crippen LogP) is 2.19. The third-order valence-corrected chi connectivity index (χ3v) is 7.26. The van der Waals surface area contributed by atoms with Crippen LogP contribution >= 0.6 is 11.8 Å². The van der Waals surface area contributed by atoms with Crippen LogP contribution in [0.3, 0.4) is 0 Å². The van der Waals surface area contributed by atoms with Gasteiger partial charge in [0, 0.05) is 31.1 Å². The third kappa shape index (κ3) is 3.89. The van der Waals surface area contributed by atoms with Gasteiger partial charge in [-0.1, -0.05) is 0 Å². The normalized spacial score (nSPS) is 19.4. The summed E-state index contributed by atoms with van der Waals surface area (Å²) in [4.78, 5) is 15.2. The summed E-state index contributed by atoms with van der Waals surface area (Å²) in [6.07, 6.45) is 4.07. The molecule has 0 aromatic heterocycles. The molecule has 0 radical (unpaired) electrons. The average Bonchev–Trinajstić information content (AvgIpc) is 3.25. The van der Waals surface area contributed by atoms with Gasteiger partial charge in [0.15, 0.2) is 0 Å². The molecule has 0 N–H and O–H groups in total. The van der Waals surface area contributed by atoms with Crippen LogP contribution in [0.25, 0.3) is 0 Å². The molecular weight excluding hydrogens is 332 g/mol. The molecule has 0 atom stereocenters. The smallest absolute Gasteiger partial charge is 0.243 e. The van der Waals surface area contributed by atoms with Crippen molar-refractivity contribution >= 4 is 27.7 Å². The molecule has 1 aromatic carbocycles. The molecule has 0 spiro atoms. The van der Waals surface area contributed by atoms with Crippen LogP contribution in [-0.4, -0.2) is 55.5 Å². The number of rotatable bonds is 5. The number of nitrogens with zero attached hydrogens (tertiary/aromatic N) is 2. The summed E-state index contributed by atoms with van der Waals surface area (Å²) in [6.45, 7) is 2.96. The first-order valence-corrected chi connectivity index (χ1v) is 10.5. The van der Waals surface area contributed by atoms with Crippen molar-refractivity contribution < 1.29 is 13.2 Å². The van der Waals surface area contributed by atoms with Crippen LogP contribution in [0.1, 0.15) is 25.7 Å². The van der Waals surface area contributed by atoms with Gasteiger partial charge >= 0.3 is 0 Å². The van der Waals surface area contributed by atoms with E-state index in [1.807, 2.05) is 4.90 Å². The molecule has 1 aromatic rings. The van der Waals surface area contributed by atoms with Gasteiger partial charge in [0.2, 0.25) is 15.9 Å². The molecule has 2 aliphatic rings. The second-order valence-corrected chi connectivity index (χ2v) is 8.95. The van der Waals surface area contributed by atoms with E-state index in [-0.39, 0.29) is 5.91 Å². The van der Waals surface area contributed by atoms with Crippen LogP contribution < -0.4 is 0 Å². The molecule has 5 nitrogen and oxygen atoms in total. The lowest BCUT2D eigenvalue weighted by atomic mass is 10.4. The van der Waals surface area contributed by atoms with Crippen molar-refractivity contribution in [3.63, 3.8) is 0 Å². The molecule has 0 bridgehead atoms. The Morgan fingerprint density at radius 2 is 1.52 bits per heavy atom. The number of hydrogen-bond donors (Lipinski definition) is 0. The number of hydrogen-bond acceptors (Lipinski definition) is 4. The van der Waals surface area contributed by atoms with Gasteiger partial charge in [0.25, 0.3) is 0 Å². The fraction of sp³-hybridized carbons (Fsp3) is 0.562. The molecule has 3 rings (SSSR count). The summed E-state index contributed by atoms with van der Waals surface area (Å²) in [5, 5.41) is 0. The standard InChI is InChI=1S/C16H22N2O3S2/c19-16(17-9-1-2-10-17)13-22-14-5-7-15(8-6-14)23(20,21)18-11-3-4-12-18/h5-8H,1-4,9-13H2. The highest BCUT2D eigenvalue weighted by Gasteiger charge is 2.27. The van der Waals surface area contributed by atoms with Crippen molar-refractivity contribution in [3.05, 3.63) is 24.3 Å². The lowest BCUT2D eigenvalue weighted by Gasteiger charge is -2.16. The summed E-state index contributed by atoms with van der Waals surface area (Å²) < 4.78 is 26.4. The highest BCUT2D eigenvalue weighted by molar-refractivity contribution is 8.00. The average molecular weight is 354 g/mol. The van der Waals surface area contributed by atoms with Gasteiger partial charge in [-0.2, -0.15) is 4.31 Å². The number of sulfonamides is 1. The maximum Gasteiger partial charge on any atom is 0.243 e. The minimum atomic E-state index is -3.35. The topological polar surface area (TPSA) is 57.7 Å². The zero-order valence-electron chi connectivity index (χ0n) is 13.1. The molecule has 7 heteroatoms. The molecule has 2 fully saturated rings. The first-order chi connectivity index (χ1) is 11.1. The summed E-state index contributed by atoms with van der Waals surface area (Å²) in [7, 11) is -3.35. The van der Waals surface area contributed by atoms with Gasteiger partial charge in [-0.15, -0.1) is 11.8 Å². The molecular formula is C16H22N2O3S2. The van der Waals surface area contributed by atoms with Gasteiger partial charge in [-0.05, 0) is 49.9 Å². The Morgan fingerprint density at radius 3 is 2.13 bits per heavy atom. The van der Waals surface area contributed by atoms with E-state index in [4.69, 9.17) is 0 Å². The largest absolute Gasteiger partial charge is 0.342 e. The molecule has 23 heavy (non-hydrogen) atoms. The van der Waals surface area contributed by atoms with E-state index in [0.29, 0.717) is 23.7 Å². The maximum atomic E-state index is 12.4. The van der Waals surface area contributed by atoms with Gasteiger partial charge in [-0.25, -0.2) is 8.42 Å². The van der Waals surface area contributed by atoms with Crippen LogP contribution in [-0.2, 0) is 14.8 Å². The Hall–Kier alpha value is -1.05. The molecule has 0 saturated carbocycles. The first-order valence-electron chi connectivity index (χ1n) is 8.08. The van der Waals surface area contributed by atoms with Crippen LogP contribution in [0.4, 0.5) is 0 Å². The van der Waals surface area contributed by atoms with Gasteiger partial charge in [0.05, 0.1) is 10.6 Å². The van der Waals surface area contributed by atoms with E-state index >= 15 is 0 Å². The van der Waals surface area contributed by atoms with Gasteiger partial charge in [0.1, 0.15) is 0 Å². The van der Waals surface area contributed by atoms with Crippen LogP contribution in [0.15, 0.2) is 34.1 Å². The lowest BCUT2D eigenvalue weighted by molar-refractivity contribution is -0.127. The maximum absolute atomic E-state index is 12.4. The Morgan fingerprint density at radius 1 is 0.957 bits per heavy atom. The van der Waals surface area contributed by atoms with Crippen molar-refractivity contribution in [1.29, 1.82) is 0 Å². The summed E-state index contributed by atoms with van der Waals surface area (Å²) >= 11 is 1.47. The summed E-state index contributed by atoms with van der Waals surface area (Å²) in [5.41, 5.74) is 0. The van der Waals surface area contributed by atoms with E-state index in [9.17, 15) is 13.2 Å². The SMILES string of the molecule is O=C(CSc1ccc(S(=O)(=O)N2CCCC2)cc1)N1CCCC1. The van der Waals surface area contributed by atoms with Crippen LogP contribution in [0.2, 0.25) is 0 Å². The molecule has 2 saturated heterocycles. The number of benzene rings is 1. The van der Waals surface area contributed by atoms with Crippen molar-refractivity contribution in [2.75, 3.05) is 31.9 Å². The number of likely N-dealkylation sites (tertiary alicyclic amines) is 1. The Balaban J connectivity index is 1.59. The van der Waals surface area contributed by atoms with Crippen molar-refractivity contribution in [2.45, 2.75) is 35.5 Å². The Bertz CT molecular complexity index is 646. The second kappa shape index (κ2) is 7.23. The zero-order chi connectivity index (χ0) is 16.3. The second-order valence-electron chi connectivity index (χ2n) is 5.96. The highest BCUT2D eigenvalue weighted by Crippen LogP contribution is 2.25. The monoisotopic (exact) mass is 354 g/mol. The third-order valence-electron chi connectivity index (χ3n) is 4.35. The Labute approximate surface area is 142 Å². The Kier molecular flexibility index (Phi) is 5.28. The molecule has 0 aliphatic carbocycles. The first kappa shape index (κ1) is 16.8. The minimum absolute atomic E-state index is 0.168. The van der Waals surface area contributed by atoms with E-state index in [2.05, 4.69) is 0 Å². The fourth-order valence-electron chi connectivity index (χ4n) is 2.99. The number of thioether (sulfide) groups is 1. The van der Waals surface area contributed by atoms with Crippen LogP contribution in [0, 0.1) is 0 Å². The number of carbonyl (C=O) groups is 1. The zero-order valence-corrected chi connectivity index (χ0v) is 14.7. The van der Waals surface area contributed by atoms with Gasteiger partial charge < -0.3 is 4.90 Å². The van der Waals surface area contributed by atoms with Crippen molar-refractivity contribution in [3.8, 4) is 0 Å². The minimum Gasteiger partial charge on any atom is -0.342 e. The summed E-state index contributed by atoms with van der Waals surface area (Å²) in [5.74, 6) is 0.583. The van der Waals surface area contributed by atoms with Crippen LogP contribution in [0.5, 0.6) is 0 Å². The quantitative estimate of drug-likeness (QED) is 0.761. The fourth-order valence-corrected chi connectivity index (χ4v) is 5.31. The molecule has 0 unspecified atom stereocenters. The van der Waals surface area contributed by atoms with E-state index < -0.39 is 10.0 Å². The van der Waals surface area contributed by atoms with Crippen molar-refractivity contribution in [1.82, 2.24) is 9.21 Å². The van der Waals surface area contributed by atoms with Gasteiger partial charge in [-0.3, -0.25) is 4.79 Å². The molecule has 2 aliphatic heterocycles. The lowest BCUT2D eigenvalue weighted by Crippen LogP contribution is -2.29. The van der Waals surface area contributed by atoms with Crippen molar-refractivity contribution in [2.24, 2.45) is 0 Å². The van der Waals surface area contributed by atoms with E-state index in [1.54, 1.807) is 28.6 Å². The van der Waals surface area contributed by atoms with E-state index in [1.165, 1.54) is 11.8 Å². The highest BCUT2D eigenvalue weighted by atomic mass is 32.2. The molecule has 1 amide bonds. The molecule has 126 valence electrons. The summed E-state index contributed by atoms with van der Waals surface area (Å²) in [6, 6.07) is 6.89.